The van der Waals surface area contributed by atoms with Crippen LogP contribution >= 0.6 is 11.6 Å². The summed E-state index contributed by atoms with van der Waals surface area (Å²) >= 11 is 6.00. The van der Waals surface area contributed by atoms with Crippen LogP contribution in [-0.2, 0) is 11.3 Å². The van der Waals surface area contributed by atoms with E-state index in [1.807, 2.05) is 18.2 Å². The van der Waals surface area contributed by atoms with Gasteiger partial charge in [-0.25, -0.2) is 0 Å². The second-order valence-electron chi connectivity index (χ2n) is 4.91. The molecular weight excluding hydrogens is 266 g/mol. The molecule has 0 bridgehead atoms. The van der Waals surface area contributed by atoms with Crippen LogP contribution in [0.2, 0.25) is 0 Å². The van der Waals surface area contributed by atoms with E-state index in [1.54, 1.807) is 4.90 Å². The summed E-state index contributed by atoms with van der Waals surface area (Å²) in [6.45, 7) is 2.56. The number of halogens is 1. The molecule has 0 saturated carbocycles. The lowest BCUT2D eigenvalue weighted by molar-refractivity contribution is -0.128. The van der Waals surface area contributed by atoms with Gasteiger partial charge in [-0.05, 0) is 17.7 Å². The molecule has 102 valence electrons. The van der Waals surface area contributed by atoms with Crippen LogP contribution in [0.15, 0.2) is 18.2 Å². The number of nitrogens with zero attached hydrogens (tertiary/aromatic N) is 1. The lowest BCUT2D eigenvalue weighted by atomic mass is 10.2. The van der Waals surface area contributed by atoms with Crippen molar-refractivity contribution in [3.05, 3.63) is 23.8 Å². The summed E-state index contributed by atoms with van der Waals surface area (Å²) in [5.74, 6) is 1.67. The Morgan fingerprint density at radius 3 is 2.79 bits per heavy atom. The van der Waals surface area contributed by atoms with Crippen molar-refractivity contribution >= 4 is 17.5 Å². The zero-order valence-corrected chi connectivity index (χ0v) is 11.4. The molecule has 0 aromatic heterocycles. The van der Waals surface area contributed by atoms with Crippen molar-refractivity contribution < 1.29 is 14.3 Å². The van der Waals surface area contributed by atoms with E-state index in [2.05, 4.69) is 0 Å². The molecule has 4 nitrogen and oxygen atoms in total. The van der Waals surface area contributed by atoms with Crippen molar-refractivity contribution in [3.8, 4) is 11.5 Å². The summed E-state index contributed by atoms with van der Waals surface area (Å²) in [5, 5.41) is -0.0621. The van der Waals surface area contributed by atoms with Crippen LogP contribution in [0.4, 0.5) is 0 Å². The SMILES string of the molecule is O=C1CC(Cl)CN1Cc1ccc2c(c1)OCCCO2. The first-order chi connectivity index (χ1) is 9.22. The van der Waals surface area contributed by atoms with Gasteiger partial charge in [-0.2, -0.15) is 0 Å². The molecule has 1 fully saturated rings. The molecule has 19 heavy (non-hydrogen) atoms. The van der Waals surface area contributed by atoms with E-state index in [4.69, 9.17) is 21.1 Å². The zero-order valence-electron chi connectivity index (χ0n) is 10.6. The van der Waals surface area contributed by atoms with Gasteiger partial charge in [-0.3, -0.25) is 4.79 Å². The number of benzene rings is 1. The van der Waals surface area contributed by atoms with Gasteiger partial charge in [0.1, 0.15) is 0 Å². The average Bonchev–Trinajstić information content (AvgIpc) is 2.60. The van der Waals surface area contributed by atoms with Crippen molar-refractivity contribution in [1.29, 1.82) is 0 Å². The first-order valence-electron chi connectivity index (χ1n) is 6.53. The molecule has 0 N–H and O–H groups in total. The smallest absolute Gasteiger partial charge is 0.224 e. The summed E-state index contributed by atoms with van der Waals surface area (Å²) in [5.41, 5.74) is 1.04. The molecule has 2 aliphatic rings. The van der Waals surface area contributed by atoms with E-state index in [-0.39, 0.29) is 11.3 Å². The number of ether oxygens (including phenoxy) is 2. The number of hydrogen-bond acceptors (Lipinski definition) is 3. The molecule has 5 heteroatoms. The number of rotatable bonds is 2. The molecule has 0 aliphatic carbocycles. The number of fused-ring (bicyclic) bond motifs is 1. The molecule has 3 rings (SSSR count). The standard InChI is InChI=1S/C14H16ClNO3/c15-11-7-14(17)16(9-11)8-10-2-3-12-13(6-10)19-5-1-4-18-12/h2-3,6,11H,1,4-5,7-9H2. The highest BCUT2D eigenvalue weighted by molar-refractivity contribution is 6.22. The van der Waals surface area contributed by atoms with E-state index < -0.39 is 0 Å². The zero-order chi connectivity index (χ0) is 13.2. The Labute approximate surface area is 117 Å². The van der Waals surface area contributed by atoms with Crippen LogP contribution in [0.3, 0.4) is 0 Å². The third-order valence-electron chi connectivity index (χ3n) is 3.35. The number of alkyl halides is 1. The Morgan fingerprint density at radius 2 is 2.05 bits per heavy atom. The Morgan fingerprint density at radius 1 is 1.26 bits per heavy atom. The Kier molecular flexibility index (Phi) is 3.51. The minimum Gasteiger partial charge on any atom is -0.490 e. The second kappa shape index (κ2) is 5.29. The summed E-state index contributed by atoms with van der Waals surface area (Å²) in [6, 6.07) is 5.84. The Balaban J connectivity index is 1.75. The van der Waals surface area contributed by atoms with Crippen molar-refractivity contribution in [1.82, 2.24) is 4.90 Å². The molecule has 1 atom stereocenters. The van der Waals surface area contributed by atoms with Crippen LogP contribution in [0, 0.1) is 0 Å². The van der Waals surface area contributed by atoms with Crippen molar-refractivity contribution in [2.24, 2.45) is 0 Å². The Hall–Kier alpha value is -1.42. The normalized spacial score (nSPS) is 22.5. The molecule has 1 unspecified atom stereocenters. The van der Waals surface area contributed by atoms with Crippen molar-refractivity contribution in [3.63, 3.8) is 0 Å². The van der Waals surface area contributed by atoms with Crippen LogP contribution in [0.25, 0.3) is 0 Å². The fourth-order valence-electron chi connectivity index (χ4n) is 2.40. The van der Waals surface area contributed by atoms with Crippen LogP contribution in [-0.4, -0.2) is 35.9 Å². The minimum absolute atomic E-state index is 0.0621. The molecule has 1 saturated heterocycles. The summed E-state index contributed by atoms with van der Waals surface area (Å²) < 4.78 is 11.2. The van der Waals surface area contributed by atoms with Crippen molar-refractivity contribution in [2.45, 2.75) is 24.8 Å². The monoisotopic (exact) mass is 281 g/mol. The van der Waals surface area contributed by atoms with Crippen molar-refractivity contribution in [2.75, 3.05) is 19.8 Å². The number of carbonyl (C=O) groups excluding carboxylic acids is 1. The molecule has 1 amide bonds. The molecule has 2 aliphatic heterocycles. The number of amides is 1. The van der Waals surface area contributed by atoms with E-state index >= 15 is 0 Å². The summed E-state index contributed by atoms with van der Waals surface area (Å²) in [6.07, 6.45) is 1.33. The lowest BCUT2D eigenvalue weighted by Gasteiger charge is -2.17. The first-order valence-corrected chi connectivity index (χ1v) is 6.96. The van der Waals surface area contributed by atoms with Gasteiger partial charge in [-0.15, -0.1) is 11.6 Å². The minimum atomic E-state index is -0.0621. The highest BCUT2D eigenvalue weighted by atomic mass is 35.5. The van der Waals surface area contributed by atoms with Gasteiger partial charge in [0.15, 0.2) is 11.5 Å². The van der Waals surface area contributed by atoms with Gasteiger partial charge in [0.2, 0.25) is 5.91 Å². The first kappa shape index (κ1) is 12.6. The molecule has 1 aromatic carbocycles. The van der Waals surface area contributed by atoms with Gasteiger partial charge in [0.05, 0.1) is 18.6 Å². The van der Waals surface area contributed by atoms with Gasteiger partial charge in [0.25, 0.3) is 0 Å². The molecule has 1 aromatic rings. The maximum Gasteiger partial charge on any atom is 0.224 e. The molecule has 0 spiro atoms. The molecule has 0 radical (unpaired) electrons. The fraction of sp³-hybridized carbons (Fsp3) is 0.500. The predicted molar refractivity (Wildman–Crippen MR) is 71.7 cm³/mol. The third kappa shape index (κ3) is 2.78. The highest BCUT2D eigenvalue weighted by Gasteiger charge is 2.28. The lowest BCUT2D eigenvalue weighted by Crippen LogP contribution is -2.24. The predicted octanol–water partition coefficient (Wildman–Crippen LogP) is 2.19. The maximum absolute atomic E-state index is 11.7. The summed E-state index contributed by atoms with van der Waals surface area (Å²) in [7, 11) is 0. The van der Waals surface area contributed by atoms with Crippen LogP contribution in [0.5, 0.6) is 11.5 Å². The summed E-state index contributed by atoms with van der Waals surface area (Å²) in [4.78, 5) is 13.5. The topological polar surface area (TPSA) is 38.8 Å². The van der Waals surface area contributed by atoms with Crippen LogP contribution in [0.1, 0.15) is 18.4 Å². The van der Waals surface area contributed by atoms with Gasteiger partial charge in [-0.1, -0.05) is 6.07 Å². The van der Waals surface area contributed by atoms with Gasteiger partial charge in [0, 0.05) is 25.9 Å². The third-order valence-corrected chi connectivity index (χ3v) is 3.64. The molecule has 2 heterocycles. The largest absolute Gasteiger partial charge is 0.490 e. The quantitative estimate of drug-likeness (QED) is 0.780. The van der Waals surface area contributed by atoms with Gasteiger partial charge >= 0.3 is 0 Å². The fourth-order valence-corrected chi connectivity index (χ4v) is 2.70. The van der Waals surface area contributed by atoms with E-state index in [0.29, 0.717) is 32.7 Å². The second-order valence-corrected chi connectivity index (χ2v) is 5.52. The Bertz CT molecular complexity index is 492. The van der Waals surface area contributed by atoms with E-state index in [1.165, 1.54) is 0 Å². The number of carbonyl (C=O) groups is 1. The maximum atomic E-state index is 11.7. The highest BCUT2D eigenvalue weighted by Crippen LogP contribution is 2.31. The average molecular weight is 282 g/mol. The van der Waals surface area contributed by atoms with E-state index in [0.717, 1.165) is 23.5 Å². The van der Waals surface area contributed by atoms with Gasteiger partial charge < -0.3 is 14.4 Å². The molecular formula is C14H16ClNO3. The number of hydrogen-bond donors (Lipinski definition) is 0. The van der Waals surface area contributed by atoms with Crippen LogP contribution < -0.4 is 9.47 Å². The van der Waals surface area contributed by atoms with E-state index in [9.17, 15) is 4.79 Å². The number of likely N-dealkylation sites (tertiary alicyclic amines) is 1.